The van der Waals surface area contributed by atoms with Gasteiger partial charge in [0.25, 0.3) is 15.9 Å². The molecular formula is C24H22F2IN3O4S. The van der Waals surface area contributed by atoms with Gasteiger partial charge in [-0.05, 0) is 83.8 Å². The van der Waals surface area contributed by atoms with Crippen LogP contribution in [0.3, 0.4) is 0 Å². The summed E-state index contributed by atoms with van der Waals surface area (Å²) in [6.45, 7) is 0.275. The first kappa shape index (κ1) is 25.3. The molecule has 4 rings (SSSR count). The summed E-state index contributed by atoms with van der Waals surface area (Å²) in [6.07, 6.45) is 1.96. The summed E-state index contributed by atoms with van der Waals surface area (Å²) in [6, 6.07) is 15.5. The van der Waals surface area contributed by atoms with E-state index >= 15 is 8.78 Å². The van der Waals surface area contributed by atoms with Gasteiger partial charge in [0, 0.05) is 16.3 Å². The van der Waals surface area contributed by atoms with Crippen molar-refractivity contribution >= 4 is 55.6 Å². The van der Waals surface area contributed by atoms with E-state index in [1.807, 2.05) is 0 Å². The highest BCUT2D eigenvalue weighted by atomic mass is 127. The molecule has 1 saturated carbocycles. The molecule has 0 saturated heterocycles. The Labute approximate surface area is 215 Å². The predicted octanol–water partition coefficient (Wildman–Crippen LogP) is 5.21. The molecule has 184 valence electrons. The van der Waals surface area contributed by atoms with Gasteiger partial charge in [-0.25, -0.2) is 22.7 Å². The number of hydrogen-bond donors (Lipinski definition) is 2. The van der Waals surface area contributed by atoms with Crippen molar-refractivity contribution in [2.24, 2.45) is 5.92 Å². The third kappa shape index (κ3) is 5.73. The first-order chi connectivity index (χ1) is 16.7. The first-order valence-electron chi connectivity index (χ1n) is 10.7. The van der Waals surface area contributed by atoms with Gasteiger partial charge in [-0.15, -0.1) is 0 Å². The highest BCUT2D eigenvalue weighted by molar-refractivity contribution is 14.1. The minimum absolute atomic E-state index is 0.243. The van der Waals surface area contributed by atoms with Gasteiger partial charge in [-0.2, -0.15) is 0 Å². The molecule has 0 spiro atoms. The average molecular weight is 613 g/mol. The quantitative estimate of drug-likeness (QED) is 0.256. The Hall–Kier alpha value is -2.77. The Bertz CT molecular complexity index is 1340. The number of hydroxylamine groups is 1. The Morgan fingerprint density at radius 1 is 1.09 bits per heavy atom. The van der Waals surface area contributed by atoms with Crippen LogP contribution in [-0.2, 0) is 14.9 Å². The van der Waals surface area contributed by atoms with Crippen LogP contribution < -0.4 is 15.1 Å². The summed E-state index contributed by atoms with van der Waals surface area (Å²) in [4.78, 5) is 17.2. The van der Waals surface area contributed by atoms with Gasteiger partial charge in [0.2, 0.25) is 0 Å². The van der Waals surface area contributed by atoms with Crippen molar-refractivity contribution in [3.05, 3.63) is 81.4 Å². The molecular weight excluding hydrogens is 591 g/mol. The van der Waals surface area contributed by atoms with Crippen molar-refractivity contribution in [2.45, 2.75) is 17.7 Å². The molecule has 0 heterocycles. The molecule has 1 aliphatic carbocycles. The van der Waals surface area contributed by atoms with E-state index in [9.17, 15) is 13.2 Å². The number of nitrogens with one attached hydrogen (secondary N) is 2. The van der Waals surface area contributed by atoms with Gasteiger partial charge in [-0.1, -0.05) is 18.2 Å². The summed E-state index contributed by atoms with van der Waals surface area (Å²) in [5.74, 6) is -3.67. The van der Waals surface area contributed by atoms with Crippen molar-refractivity contribution < 1.29 is 26.8 Å². The largest absolute Gasteiger partial charge is 0.352 e. The standard InChI is InChI=1S/C24H22F2IN3O4S/c1-30(18-5-3-2-4-6-18)35(32,33)20-13-19(24(31)29-34-14-15-7-8-15)23(22(26)21(20)25)28-17-11-9-16(27)10-12-17/h2-6,9-13,15,28H,7-8,14H2,1H3,(H,29,31). The topological polar surface area (TPSA) is 87.7 Å². The zero-order valence-corrected chi connectivity index (χ0v) is 21.6. The number of amides is 1. The number of anilines is 3. The fraction of sp³-hybridized carbons (Fsp3) is 0.208. The lowest BCUT2D eigenvalue weighted by atomic mass is 10.1. The Balaban J connectivity index is 1.76. The van der Waals surface area contributed by atoms with E-state index in [2.05, 4.69) is 33.4 Å². The Morgan fingerprint density at radius 2 is 1.74 bits per heavy atom. The van der Waals surface area contributed by atoms with Crippen LogP contribution in [0, 0.1) is 21.1 Å². The lowest BCUT2D eigenvalue weighted by Crippen LogP contribution is -2.30. The van der Waals surface area contributed by atoms with E-state index in [1.165, 1.54) is 19.2 Å². The van der Waals surface area contributed by atoms with Gasteiger partial charge < -0.3 is 5.32 Å². The minimum Gasteiger partial charge on any atom is -0.352 e. The highest BCUT2D eigenvalue weighted by Gasteiger charge is 2.32. The highest BCUT2D eigenvalue weighted by Crippen LogP contribution is 2.33. The maximum Gasteiger partial charge on any atom is 0.277 e. The monoisotopic (exact) mass is 613 g/mol. The second kappa shape index (κ2) is 10.5. The normalized spacial score (nSPS) is 13.4. The van der Waals surface area contributed by atoms with E-state index in [4.69, 9.17) is 4.84 Å². The fourth-order valence-electron chi connectivity index (χ4n) is 3.26. The minimum atomic E-state index is -4.55. The van der Waals surface area contributed by atoms with Crippen LogP contribution in [0.25, 0.3) is 0 Å². The van der Waals surface area contributed by atoms with E-state index in [0.29, 0.717) is 11.6 Å². The number of hydrogen-bond acceptors (Lipinski definition) is 5. The molecule has 7 nitrogen and oxygen atoms in total. The number of benzene rings is 3. The number of carbonyl (C=O) groups is 1. The van der Waals surface area contributed by atoms with Gasteiger partial charge in [0.1, 0.15) is 4.90 Å². The van der Waals surface area contributed by atoms with Crippen LogP contribution in [0.15, 0.2) is 65.6 Å². The van der Waals surface area contributed by atoms with Crippen molar-refractivity contribution in [1.82, 2.24) is 5.48 Å². The number of rotatable bonds is 9. The summed E-state index contributed by atoms with van der Waals surface area (Å²) >= 11 is 2.09. The summed E-state index contributed by atoms with van der Waals surface area (Å²) < 4.78 is 58.8. The molecule has 35 heavy (non-hydrogen) atoms. The number of carbonyl (C=O) groups excluding carboxylic acids is 1. The van der Waals surface area contributed by atoms with Crippen LogP contribution in [0.1, 0.15) is 23.2 Å². The van der Waals surface area contributed by atoms with Gasteiger partial charge in [0.15, 0.2) is 11.6 Å². The second-order valence-corrected chi connectivity index (χ2v) is 11.2. The van der Waals surface area contributed by atoms with E-state index < -0.39 is 43.7 Å². The first-order valence-corrected chi connectivity index (χ1v) is 13.2. The number of nitrogens with zero attached hydrogens (tertiary/aromatic N) is 1. The van der Waals surface area contributed by atoms with E-state index in [1.54, 1.807) is 42.5 Å². The fourth-order valence-corrected chi connectivity index (χ4v) is 4.89. The average Bonchev–Trinajstić information content (AvgIpc) is 3.67. The molecule has 11 heteroatoms. The number of halogens is 3. The lowest BCUT2D eigenvalue weighted by Gasteiger charge is -2.22. The maximum absolute atomic E-state index is 15.4. The lowest BCUT2D eigenvalue weighted by molar-refractivity contribution is 0.0270. The summed E-state index contributed by atoms with van der Waals surface area (Å²) in [5, 5.41) is 2.70. The number of sulfonamides is 1. The molecule has 0 radical (unpaired) electrons. The van der Waals surface area contributed by atoms with Gasteiger partial charge in [0.05, 0.1) is 23.5 Å². The SMILES string of the molecule is CN(c1ccccc1)S(=O)(=O)c1cc(C(=O)NOCC2CC2)c(Nc2ccc(I)cc2)c(F)c1F. The summed E-state index contributed by atoms with van der Waals surface area (Å²) in [7, 11) is -3.33. The van der Waals surface area contributed by atoms with Crippen LogP contribution in [0.5, 0.6) is 0 Å². The molecule has 0 atom stereocenters. The molecule has 0 unspecified atom stereocenters. The third-order valence-corrected chi connectivity index (χ3v) is 7.97. The third-order valence-electron chi connectivity index (χ3n) is 5.47. The zero-order chi connectivity index (χ0) is 25.2. The van der Waals surface area contributed by atoms with Crippen molar-refractivity contribution in [3.63, 3.8) is 0 Å². The van der Waals surface area contributed by atoms with Crippen LogP contribution in [0.4, 0.5) is 25.8 Å². The van der Waals surface area contributed by atoms with Gasteiger partial charge in [-0.3, -0.25) is 13.9 Å². The second-order valence-electron chi connectivity index (χ2n) is 8.05. The molecule has 3 aromatic carbocycles. The van der Waals surface area contributed by atoms with E-state index in [-0.39, 0.29) is 12.3 Å². The van der Waals surface area contributed by atoms with Crippen LogP contribution in [0.2, 0.25) is 0 Å². The maximum atomic E-state index is 15.4. The van der Waals surface area contributed by atoms with Crippen LogP contribution in [-0.4, -0.2) is 28.0 Å². The molecule has 0 bridgehead atoms. The van der Waals surface area contributed by atoms with Crippen molar-refractivity contribution in [2.75, 3.05) is 23.3 Å². The van der Waals surface area contributed by atoms with Crippen LogP contribution >= 0.6 is 22.6 Å². The van der Waals surface area contributed by atoms with E-state index in [0.717, 1.165) is 26.8 Å². The Kier molecular flexibility index (Phi) is 7.57. The van der Waals surface area contributed by atoms with Crippen molar-refractivity contribution in [1.29, 1.82) is 0 Å². The Morgan fingerprint density at radius 3 is 2.37 bits per heavy atom. The predicted molar refractivity (Wildman–Crippen MR) is 137 cm³/mol. The molecule has 2 N–H and O–H groups in total. The molecule has 1 amide bonds. The summed E-state index contributed by atoms with van der Waals surface area (Å²) in [5.41, 5.74) is 1.92. The molecule has 0 aliphatic heterocycles. The zero-order valence-electron chi connectivity index (χ0n) is 18.6. The van der Waals surface area contributed by atoms with Crippen molar-refractivity contribution in [3.8, 4) is 0 Å². The molecule has 1 aliphatic rings. The molecule has 0 aromatic heterocycles. The van der Waals surface area contributed by atoms with Gasteiger partial charge >= 0.3 is 0 Å². The molecule has 3 aromatic rings. The number of para-hydroxylation sites is 1. The molecule has 1 fully saturated rings. The smallest absolute Gasteiger partial charge is 0.277 e.